The highest BCUT2D eigenvalue weighted by Gasteiger charge is 2.30. The van der Waals surface area contributed by atoms with Crippen molar-refractivity contribution < 1.29 is 17.9 Å². The van der Waals surface area contributed by atoms with Crippen LogP contribution >= 0.6 is 11.6 Å². The standard InChI is InChI=1S/C24H27ClN6O4S/c1-3-31(30-12-4-5-13-30)36(33,34)20-9-6-17(7-10-20)29-24-26-15-18(16-27-24)28-23(32)21-14-19(35-2)8-11-22(21)25/h6-11,14-16H,3-5,12-13H2,1-2H3,(H,28,32)(H,26,27,29). The fourth-order valence-corrected chi connectivity index (χ4v) is 5.60. The van der Waals surface area contributed by atoms with Gasteiger partial charge in [0, 0.05) is 25.3 Å². The van der Waals surface area contributed by atoms with Gasteiger partial charge in [0.2, 0.25) is 5.95 Å². The van der Waals surface area contributed by atoms with Crippen molar-refractivity contribution in [1.82, 2.24) is 19.4 Å². The topological polar surface area (TPSA) is 117 Å². The molecule has 12 heteroatoms. The molecule has 3 aromatic rings. The molecule has 1 fully saturated rings. The quantitative estimate of drug-likeness (QED) is 0.423. The van der Waals surface area contributed by atoms with Gasteiger partial charge in [-0.25, -0.2) is 23.4 Å². The van der Waals surface area contributed by atoms with Crippen molar-refractivity contribution in [1.29, 1.82) is 0 Å². The van der Waals surface area contributed by atoms with Gasteiger partial charge in [0.25, 0.3) is 15.9 Å². The Labute approximate surface area is 215 Å². The van der Waals surface area contributed by atoms with Crippen LogP contribution in [0.25, 0.3) is 0 Å². The number of benzene rings is 2. The van der Waals surface area contributed by atoms with Gasteiger partial charge in [0.15, 0.2) is 0 Å². The number of nitrogens with one attached hydrogen (secondary N) is 2. The van der Waals surface area contributed by atoms with E-state index in [0.29, 0.717) is 28.7 Å². The molecule has 1 amide bonds. The largest absolute Gasteiger partial charge is 0.497 e. The molecule has 4 rings (SSSR count). The molecule has 1 aliphatic heterocycles. The Morgan fingerprint density at radius 1 is 1.08 bits per heavy atom. The summed E-state index contributed by atoms with van der Waals surface area (Å²) >= 11 is 6.13. The zero-order valence-corrected chi connectivity index (χ0v) is 21.5. The SMILES string of the molecule is CCN(N1CCCC1)S(=O)(=O)c1ccc(Nc2ncc(NC(=O)c3cc(OC)ccc3Cl)cn2)cc1. The van der Waals surface area contributed by atoms with E-state index in [1.807, 2.05) is 11.9 Å². The van der Waals surface area contributed by atoms with Crippen molar-refractivity contribution in [3.05, 3.63) is 65.4 Å². The molecule has 2 heterocycles. The number of hydrogen-bond acceptors (Lipinski definition) is 8. The Morgan fingerprint density at radius 2 is 1.75 bits per heavy atom. The van der Waals surface area contributed by atoms with E-state index in [-0.39, 0.29) is 16.4 Å². The molecule has 0 aliphatic carbocycles. The zero-order valence-electron chi connectivity index (χ0n) is 19.9. The first-order valence-corrected chi connectivity index (χ1v) is 13.2. The summed E-state index contributed by atoms with van der Waals surface area (Å²) in [5.74, 6) is 0.378. The molecule has 1 aromatic heterocycles. The number of rotatable bonds is 9. The predicted octanol–water partition coefficient (Wildman–Crippen LogP) is 4.16. The fraction of sp³-hybridized carbons (Fsp3) is 0.292. The summed E-state index contributed by atoms with van der Waals surface area (Å²) in [7, 11) is -2.12. The number of halogens is 1. The summed E-state index contributed by atoms with van der Waals surface area (Å²) in [6.45, 7) is 3.70. The number of methoxy groups -OCH3 is 1. The fourth-order valence-electron chi connectivity index (χ4n) is 3.87. The normalized spacial score (nSPS) is 14.1. The Kier molecular flexibility index (Phi) is 8.04. The summed E-state index contributed by atoms with van der Waals surface area (Å²) in [5, 5.41) is 7.90. The van der Waals surface area contributed by atoms with Gasteiger partial charge in [-0.15, -0.1) is 4.41 Å². The van der Waals surface area contributed by atoms with Gasteiger partial charge in [-0.3, -0.25) is 4.79 Å². The van der Waals surface area contributed by atoms with E-state index < -0.39 is 15.9 Å². The Morgan fingerprint density at radius 3 is 2.36 bits per heavy atom. The van der Waals surface area contributed by atoms with Crippen LogP contribution in [0.3, 0.4) is 0 Å². The van der Waals surface area contributed by atoms with Gasteiger partial charge in [-0.1, -0.05) is 11.6 Å². The maximum atomic E-state index is 13.1. The zero-order chi connectivity index (χ0) is 25.7. The lowest BCUT2D eigenvalue weighted by Gasteiger charge is -2.29. The van der Waals surface area contributed by atoms with Crippen molar-refractivity contribution in [3.8, 4) is 5.75 Å². The number of hydrogen-bond donors (Lipinski definition) is 2. The van der Waals surface area contributed by atoms with Crippen LogP contribution in [0.2, 0.25) is 5.02 Å². The third-order valence-corrected chi connectivity index (χ3v) is 7.92. The molecular formula is C24H27ClN6O4S. The lowest BCUT2D eigenvalue weighted by molar-refractivity contribution is 0.0952. The van der Waals surface area contributed by atoms with Crippen LogP contribution in [-0.4, -0.2) is 60.5 Å². The van der Waals surface area contributed by atoms with Crippen molar-refractivity contribution in [3.63, 3.8) is 0 Å². The summed E-state index contributed by atoms with van der Waals surface area (Å²) in [5.41, 5.74) is 1.27. The molecule has 1 aliphatic rings. The molecule has 0 atom stereocenters. The van der Waals surface area contributed by atoms with E-state index in [9.17, 15) is 13.2 Å². The van der Waals surface area contributed by atoms with Crippen LogP contribution in [-0.2, 0) is 10.0 Å². The molecule has 0 spiro atoms. The van der Waals surface area contributed by atoms with Gasteiger partial charge in [0.1, 0.15) is 5.75 Å². The first-order chi connectivity index (χ1) is 17.3. The third-order valence-electron chi connectivity index (χ3n) is 5.68. The van der Waals surface area contributed by atoms with Gasteiger partial charge >= 0.3 is 0 Å². The lowest BCUT2D eigenvalue weighted by Crippen LogP contribution is -2.44. The van der Waals surface area contributed by atoms with Crippen LogP contribution in [0.5, 0.6) is 5.75 Å². The van der Waals surface area contributed by atoms with E-state index in [2.05, 4.69) is 20.6 Å². The van der Waals surface area contributed by atoms with Gasteiger partial charge < -0.3 is 15.4 Å². The average molecular weight is 531 g/mol. The number of ether oxygens (including phenoxy) is 1. The molecule has 2 aromatic carbocycles. The number of anilines is 3. The molecule has 0 bridgehead atoms. The third kappa shape index (κ3) is 5.76. The minimum absolute atomic E-state index is 0.219. The van der Waals surface area contributed by atoms with Crippen molar-refractivity contribution in [2.45, 2.75) is 24.7 Å². The highest BCUT2D eigenvalue weighted by Crippen LogP contribution is 2.25. The van der Waals surface area contributed by atoms with Crippen LogP contribution < -0.4 is 15.4 Å². The highest BCUT2D eigenvalue weighted by atomic mass is 35.5. The maximum absolute atomic E-state index is 13.1. The molecule has 0 radical (unpaired) electrons. The second-order valence-corrected chi connectivity index (χ2v) is 10.3. The number of hydrazine groups is 1. The number of carbonyl (C=O) groups excluding carboxylic acids is 1. The highest BCUT2D eigenvalue weighted by molar-refractivity contribution is 7.89. The molecule has 1 saturated heterocycles. The summed E-state index contributed by atoms with van der Waals surface area (Å²) in [4.78, 5) is 21.2. The van der Waals surface area contributed by atoms with Gasteiger partial charge in [-0.05, 0) is 62.2 Å². The number of carbonyl (C=O) groups is 1. The minimum atomic E-state index is -3.63. The predicted molar refractivity (Wildman–Crippen MR) is 138 cm³/mol. The van der Waals surface area contributed by atoms with E-state index >= 15 is 0 Å². The number of sulfonamides is 1. The first kappa shape index (κ1) is 25.8. The Bertz CT molecular complexity index is 1310. The maximum Gasteiger partial charge on any atom is 0.257 e. The van der Waals surface area contributed by atoms with Crippen molar-refractivity contribution >= 4 is 44.9 Å². The van der Waals surface area contributed by atoms with Gasteiger partial charge in [0.05, 0.1) is 40.7 Å². The van der Waals surface area contributed by atoms with Crippen LogP contribution in [0, 0.1) is 0 Å². The Balaban J connectivity index is 1.40. The van der Waals surface area contributed by atoms with Crippen molar-refractivity contribution in [2.75, 3.05) is 37.4 Å². The minimum Gasteiger partial charge on any atom is -0.497 e. The first-order valence-electron chi connectivity index (χ1n) is 11.4. The molecule has 10 nitrogen and oxygen atoms in total. The lowest BCUT2D eigenvalue weighted by atomic mass is 10.2. The molecule has 36 heavy (non-hydrogen) atoms. The number of aromatic nitrogens is 2. The smallest absolute Gasteiger partial charge is 0.257 e. The average Bonchev–Trinajstić information content (AvgIpc) is 3.40. The molecule has 190 valence electrons. The van der Waals surface area contributed by atoms with Crippen molar-refractivity contribution in [2.24, 2.45) is 0 Å². The van der Waals surface area contributed by atoms with E-state index in [1.54, 1.807) is 42.5 Å². The second-order valence-electron chi connectivity index (χ2n) is 8.05. The van der Waals surface area contributed by atoms with E-state index in [0.717, 1.165) is 25.9 Å². The van der Waals surface area contributed by atoms with Crippen LogP contribution in [0.15, 0.2) is 59.8 Å². The summed E-state index contributed by atoms with van der Waals surface area (Å²) < 4.78 is 32.8. The van der Waals surface area contributed by atoms with Crippen LogP contribution in [0.1, 0.15) is 30.1 Å². The monoisotopic (exact) mass is 530 g/mol. The summed E-state index contributed by atoms with van der Waals surface area (Å²) in [6, 6.07) is 11.2. The van der Waals surface area contributed by atoms with E-state index in [1.165, 1.54) is 23.9 Å². The molecule has 0 unspecified atom stereocenters. The van der Waals surface area contributed by atoms with Gasteiger partial charge in [-0.2, -0.15) is 0 Å². The second kappa shape index (κ2) is 11.2. The molecular weight excluding hydrogens is 504 g/mol. The number of nitrogens with zero attached hydrogens (tertiary/aromatic N) is 4. The van der Waals surface area contributed by atoms with E-state index in [4.69, 9.17) is 16.3 Å². The molecule has 0 saturated carbocycles. The summed E-state index contributed by atoms with van der Waals surface area (Å²) in [6.07, 6.45) is 4.89. The molecule has 2 N–H and O–H groups in total. The van der Waals surface area contributed by atoms with Crippen LogP contribution in [0.4, 0.5) is 17.3 Å². The Hall–Kier alpha value is -3.25. The number of amides is 1.